The summed E-state index contributed by atoms with van der Waals surface area (Å²) in [5.41, 5.74) is -27.0. The zero-order valence-corrected chi connectivity index (χ0v) is 29.6. The van der Waals surface area contributed by atoms with Crippen molar-refractivity contribution in [3.8, 4) is 16.8 Å². The minimum atomic E-state index is -6.72. The highest BCUT2D eigenvalue weighted by molar-refractivity contribution is 5.98. The molecule has 0 saturated carbocycles. The number of halogens is 12. The quantitative estimate of drug-likeness (QED) is 0.174. The van der Waals surface area contributed by atoms with Crippen LogP contribution in [0.3, 0.4) is 0 Å². The van der Waals surface area contributed by atoms with Crippen molar-refractivity contribution in [1.29, 1.82) is 0 Å². The Morgan fingerprint density at radius 3 is 1.21 bits per heavy atom. The number of rotatable bonds is 6. The monoisotopic (exact) mass is 812 g/mol. The molecule has 0 spiro atoms. The lowest BCUT2D eigenvalue weighted by molar-refractivity contribution is -0.376. The van der Waals surface area contributed by atoms with E-state index in [0.717, 1.165) is 37.5 Å². The second-order valence-corrected chi connectivity index (χ2v) is 14.1. The van der Waals surface area contributed by atoms with E-state index >= 15 is 0 Å². The molecule has 0 radical (unpaired) electrons. The first-order valence-electron chi connectivity index (χ1n) is 16.1. The number of aryl methyl sites for hydroxylation is 3. The Kier molecular flexibility index (Phi) is 9.42. The molecule has 302 valence electrons. The van der Waals surface area contributed by atoms with Crippen molar-refractivity contribution >= 4 is 21.5 Å². The molecule has 5 aromatic rings. The van der Waals surface area contributed by atoms with Gasteiger partial charge in [-0.15, -0.1) is 0 Å². The summed E-state index contributed by atoms with van der Waals surface area (Å²) >= 11 is 0. The summed E-state index contributed by atoms with van der Waals surface area (Å²) in [6.07, 6.45) is -26.1. The SMILES string of the molecule is CCC(C)(C)n1c(=O)c2cc3c(=O)n(-c4cc(C)c(-c5cc(C(O)(C(F)(F)F)C(F)(F)F)c(C)cc5C)cc4C(O)(C(F)(F)F)C(F)(F)F)c(=O)c3cc2c1=O. The van der Waals surface area contributed by atoms with Crippen molar-refractivity contribution in [3.63, 3.8) is 0 Å². The third-order valence-electron chi connectivity index (χ3n) is 10.2. The number of aromatic nitrogens is 2. The van der Waals surface area contributed by atoms with Crippen LogP contribution in [-0.2, 0) is 16.7 Å². The molecular formula is C36H28F12N2O6. The summed E-state index contributed by atoms with van der Waals surface area (Å²) in [4.78, 5) is 54.2. The standard InChI is InChI=1S/C36H28F12N2O6/c1-7-30(5,6)50-28(53)21-10-19-20(11-22(21)29(50)54)27(52)49(26(19)51)25-9-15(3)18(13-24(25)32(56,35(43,44)45)36(46,47)48)17-12-23(16(4)8-14(17)2)31(55,33(37,38)39)34(40,41)42/h8-13,55-56H,7H2,1-6H3. The number of aliphatic hydroxyl groups is 2. The second-order valence-electron chi connectivity index (χ2n) is 14.1. The van der Waals surface area contributed by atoms with Crippen LogP contribution in [0.2, 0.25) is 0 Å². The predicted octanol–water partition coefficient (Wildman–Crippen LogP) is 7.26. The van der Waals surface area contributed by atoms with Gasteiger partial charge in [0, 0.05) is 16.7 Å². The zero-order valence-electron chi connectivity index (χ0n) is 29.6. The molecular weight excluding hydrogens is 784 g/mol. The lowest BCUT2D eigenvalue weighted by Crippen LogP contribution is -2.54. The van der Waals surface area contributed by atoms with Crippen LogP contribution in [0.25, 0.3) is 38.4 Å². The van der Waals surface area contributed by atoms with Crippen molar-refractivity contribution in [1.82, 2.24) is 9.13 Å². The van der Waals surface area contributed by atoms with Crippen molar-refractivity contribution in [3.05, 3.63) is 106 Å². The van der Waals surface area contributed by atoms with E-state index in [4.69, 9.17) is 0 Å². The normalized spacial score (nSPS) is 14.1. The van der Waals surface area contributed by atoms with Gasteiger partial charge in [0.15, 0.2) is 0 Å². The van der Waals surface area contributed by atoms with Gasteiger partial charge in [-0.2, -0.15) is 52.7 Å². The van der Waals surface area contributed by atoms with Crippen LogP contribution >= 0.6 is 0 Å². The van der Waals surface area contributed by atoms with Gasteiger partial charge in [0.1, 0.15) is 0 Å². The molecule has 8 nitrogen and oxygen atoms in total. The smallest absolute Gasteiger partial charge is 0.369 e. The van der Waals surface area contributed by atoms with Crippen LogP contribution < -0.4 is 22.2 Å². The Morgan fingerprint density at radius 2 is 0.839 bits per heavy atom. The van der Waals surface area contributed by atoms with E-state index in [1.807, 2.05) is 0 Å². The van der Waals surface area contributed by atoms with Crippen LogP contribution in [-0.4, -0.2) is 44.1 Å². The van der Waals surface area contributed by atoms with E-state index < -0.39 is 124 Å². The fourth-order valence-corrected chi connectivity index (χ4v) is 6.82. The predicted molar refractivity (Wildman–Crippen MR) is 177 cm³/mol. The first-order chi connectivity index (χ1) is 25.2. The van der Waals surface area contributed by atoms with Crippen LogP contribution in [0.15, 0.2) is 55.6 Å². The van der Waals surface area contributed by atoms with Gasteiger partial charge in [0.2, 0.25) is 0 Å². The molecule has 0 bridgehead atoms. The molecule has 3 aromatic carbocycles. The summed E-state index contributed by atoms with van der Waals surface area (Å²) in [5.74, 6) is 0. The second kappa shape index (κ2) is 12.5. The molecule has 20 heteroatoms. The third-order valence-corrected chi connectivity index (χ3v) is 10.2. The van der Waals surface area contributed by atoms with Crippen LogP contribution in [0.5, 0.6) is 0 Å². The highest BCUT2D eigenvalue weighted by atomic mass is 19.4. The van der Waals surface area contributed by atoms with Crippen molar-refractivity contribution in [2.45, 2.75) is 89.4 Å². The van der Waals surface area contributed by atoms with Gasteiger partial charge in [-0.25, -0.2) is 4.57 Å². The molecule has 0 unspecified atom stereocenters. The largest absolute Gasteiger partial charge is 0.430 e. The number of nitrogens with zero attached hydrogens (tertiary/aromatic N) is 2. The van der Waals surface area contributed by atoms with E-state index in [1.165, 1.54) is 13.8 Å². The molecule has 0 amide bonds. The van der Waals surface area contributed by atoms with E-state index in [-0.39, 0.29) is 28.7 Å². The molecule has 5 rings (SSSR count). The minimum Gasteiger partial charge on any atom is -0.369 e. The lowest BCUT2D eigenvalue weighted by atomic mass is 9.82. The number of hydrogen-bond donors (Lipinski definition) is 2. The Morgan fingerprint density at radius 1 is 0.500 bits per heavy atom. The average molecular weight is 813 g/mol. The Bertz CT molecular complexity index is 2550. The highest BCUT2D eigenvalue weighted by Crippen LogP contribution is 2.54. The average Bonchev–Trinajstić information content (AvgIpc) is 3.44. The Balaban J connectivity index is 1.96. The van der Waals surface area contributed by atoms with E-state index in [1.54, 1.807) is 6.92 Å². The van der Waals surface area contributed by atoms with Gasteiger partial charge in [-0.05, 0) is 99.2 Å². The summed E-state index contributed by atoms with van der Waals surface area (Å²) in [7, 11) is 0. The highest BCUT2D eigenvalue weighted by Gasteiger charge is 2.73. The van der Waals surface area contributed by atoms with Gasteiger partial charge in [-0.1, -0.05) is 13.0 Å². The maximum absolute atomic E-state index is 14.5. The molecule has 0 aliphatic heterocycles. The Hall–Kier alpha value is -4.98. The number of hydrogen-bond acceptors (Lipinski definition) is 6. The third kappa shape index (κ3) is 5.77. The molecule has 56 heavy (non-hydrogen) atoms. The minimum absolute atomic E-state index is 0.0678. The van der Waals surface area contributed by atoms with Gasteiger partial charge >= 0.3 is 24.7 Å². The summed E-state index contributed by atoms with van der Waals surface area (Å²) < 4.78 is 171. The molecule has 2 heterocycles. The first kappa shape index (κ1) is 42.2. The maximum atomic E-state index is 14.5. The van der Waals surface area contributed by atoms with E-state index in [2.05, 4.69) is 0 Å². The maximum Gasteiger partial charge on any atom is 0.430 e. The topological polar surface area (TPSA) is 119 Å². The van der Waals surface area contributed by atoms with Gasteiger partial charge in [-0.3, -0.25) is 23.7 Å². The number of fused-ring (bicyclic) bond motifs is 2. The van der Waals surface area contributed by atoms with Gasteiger partial charge in [0.25, 0.3) is 33.4 Å². The molecule has 2 N–H and O–H groups in total. The summed E-state index contributed by atoms with van der Waals surface area (Å²) in [6.45, 7) is 7.36. The van der Waals surface area contributed by atoms with Crippen molar-refractivity contribution < 1.29 is 62.9 Å². The van der Waals surface area contributed by atoms with Crippen LogP contribution in [0, 0.1) is 20.8 Å². The molecule has 0 fully saturated rings. The zero-order chi connectivity index (χ0) is 42.8. The van der Waals surface area contributed by atoms with Crippen LogP contribution in [0.4, 0.5) is 52.7 Å². The lowest BCUT2D eigenvalue weighted by Gasteiger charge is -2.35. The molecule has 2 aromatic heterocycles. The Labute approximate surface area is 305 Å². The van der Waals surface area contributed by atoms with E-state index in [0.29, 0.717) is 12.1 Å². The summed E-state index contributed by atoms with van der Waals surface area (Å²) in [6, 6.07) is 2.50. The first-order valence-corrected chi connectivity index (χ1v) is 16.1. The fraction of sp³-hybridized carbons (Fsp3) is 0.389. The number of alkyl halides is 12. The molecule has 0 saturated heterocycles. The van der Waals surface area contributed by atoms with Gasteiger partial charge in [0.05, 0.1) is 27.2 Å². The number of benzene rings is 3. The summed E-state index contributed by atoms with van der Waals surface area (Å²) in [5, 5.41) is 18.5. The van der Waals surface area contributed by atoms with Crippen molar-refractivity contribution in [2.24, 2.45) is 0 Å². The van der Waals surface area contributed by atoms with Crippen LogP contribution in [0.1, 0.15) is 55.0 Å². The molecule has 0 aliphatic rings. The van der Waals surface area contributed by atoms with Crippen molar-refractivity contribution in [2.75, 3.05) is 0 Å². The molecule has 0 aliphatic carbocycles. The van der Waals surface area contributed by atoms with E-state index in [9.17, 15) is 82.1 Å². The molecule has 0 atom stereocenters. The van der Waals surface area contributed by atoms with Gasteiger partial charge < -0.3 is 10.2 Å². The fourth-order valence-electron chi connectivity index (χ4n) is 6.82.